The number of hydrogen-bond acceptors (Lipinski definition) is 2. The largest absolute Gasteiger partial charge is 0.356 e. The lowest BCUT2D eigenvalue weighted by atomic mass is 10.1. The summed E-state index contributed by atoms with van der Waals surface area (Å²) in [5, 5.41) is 3.54. The zero-order valence-electron chi connectivity index (χ0n) is 13.1. The van der Waals surface area contributed by atoms with Gasteiger partial charge < -0.3 is 15.1 Å². The molecule has 2 rings (SSSR count). The van der Waals surface area contributed by atoms with E-state index in [1.807, 2.05) is 13.1 Å². The molecule has 0 amide bonds. The van der Waals surface area contributed by atoms with Crippen LogP contribution in [0.2, 0.25) is 0 Å². The van der Waals surface area contributed by atoms with Crippen LogP contribution < -0.4 is 5.32 Å². The monoisotopic (exact) mass is 278 g/mol. The molecular weight excluding hydrogens is 248 g/mol. The number of guanidine groups is 1. The molecule has 20 heavy (non-hydrogen) atoms. The lowest BCUT2D eigenvalue weighted by Gasteiger charge is -2.23. The number of aliphatic imine (C=N–C) groups is 1. The second-order valence-electron chi connectivity index (χ2n) is 6.16. The summed E-state index contributed by atoms with van der Waals surface area (Å²) in [4.78, 5) is 9.28. The molecule has 4 nitrogen and oxygen atoms in total. The van der Waals surface area contributed by atoms with E-state index in [2.05, 4.69) is 33.7 Å². The van der Waals surface area contributed by atoms with Gasteiger partial charge in [-0.2, -0.15) is 0 Å². The van der Waals surface area contributed by atoms with Gasteiger partial charge in [0.2, 0.25) is 0 Å². The van der Waals surface area contributed by atoms with E-state index >= 15 is 0 Å². The van der Waals surface area contributed by atoms with Crippen LogP contribution in [0.15, 0.2) is 17.6 Å². The van der Waals surface area contributed by atoms with Gasteiger partial charge in [0.25, 0.3) is 0 Å². The molecule has 1 aliphatic heterocycles. The van der Waals surface area contributed by atoms with Crippen molar-refractivity contribution in [3.05, 3.63) is 12.7 Å². The topological polar surface area (TPSA) is 30.9 Å². The van der Waals surface area contributed by atoms with Gasteiger partial charge in [0, 0.05) is 39.8 Å². The van der Waals surface area contributed by atoms with Crippen LogP contribution >= 0.6 is 0 Å². The molecule has 0 radical (unpaired) electrons. The fraction of sp³-hybridized carbons (Fsp3) is 0.812. The van der Waals surface area contributed by atoms with E-state index < -0.39 is 0 Å². The zero-order chi connectivity index (χ0) is 14.4. The van der Waals surface area contributed by atoms with Gasteiger partial charge in [0.05, 0.1) is 0 Å². The molecule has 1 heterocycles. The van der Waals surface area contributed by atoms with Crippen LogP contribution in [0.25, 0.3) is 0 Å². The molecule has 1 aliphatic carbocycles. The van der Waals surface area contributed by atoms with E-state index in [0.29, 0.717) is 0 Å². The Labute approximate surface area is 123 Å². The van der Waals surface area contributed by atoms with Crippen LogP contribution in [-0.2, 0) is 0 Å². The van der Waals surface area contributed by atoms with Crippen molar-refractivity contribution in [2.24, 2.45) is 10.9 Å². The summed E-state index contributed by atoms with van der Waals surface area (Å²) < 4.78 is 0. The minimum Gasteiger partial charge on any atom is -0.356 e. The van der Waals surface area contributed by atoms with Crippen LogP contribution in [0.1, 0.15) is 32.1 Å². The summed E-state index contributed by atoms with van der Waals surface area (Å²) in [6.45, 7) is 8.43. The van der Waals surface area contributed by atoms with Gasteiger partial charge >= 0.3 is 0 Å². The summed E-state index contributed by atoms with van der Waals surface area (Å²) in [7, 11) is 3.99. The SMILES string of the molecule is C=CCCCN(C)C(=NC)NCC1CCN(C2CC2)C1. The van der Waals surface area contributed by atoms with Crippen molar-refractivity contribution in [3.63, 3.8) is 0 Å². The van der Waals surface area contributed by atoms with Crippen molar-refractivity contribution in [1.29, 1.82) is 0 Å². The number of allylic oxidation sites excluding steroid dienone is 1. The maximum atomic E-state index is 4.39. The third kappa shape index (κ3) is 4.51. The average Bonchev–Trinajstić information content (AvgIpc) is 3.19. The average molecular weight is 278 g/mol. The van der Waals surface area contributed by atoms with Crippen LogP contribution in [0.4, 0.5) is 0 Å². The standard InChI is InChI=1S/C16H30N4/c1-4-5-6-10-19(3)16(17-2)18-12-14-9-11-20(13-14)15-7-8-15/h4,14-15H,1,5-13H2,2-3H3,(H,17,18). The van der Waals surface area contributed by atoms with Gasteiger partial charge in [-0.1, -0.05) is 6.08 Å². The number of hydrogen-bond donors (Lipinski definition) is 1. The Hall–Kier alpha value is -1.03. The van der Waals surface area contributed by atoms with E-state index in [9.17, 15) is 0 Å². The molecule has 1 unspecified atom stereocenters. The molecular formula is C16H30N4. The highest BCUT2D eigenvalue weighted by Crippen LogP contribution is 2.31. The Morgan fingerprint density at radius 1 is 1.45 bits per heavy atom. The summed E-state index contributed by atoms with van der Waals surface area (Å²) in [5.74, 6) is 1.81. The molecule has 1 saturated carbocycles. The fourth-order valence-corrected chi connectivity index (χ4v) is 3.00. The number of likely N-dealkylation sites (tertiary alicyclic amines) is 1. The Morgan fingerprint density at radius 2 is 2.25 bits per heavy atom. The van der Waals surface area contributed by atoms with Gasteiger partial charge in [0.15, 0.2) is 5.96 Å². The summed E-state index contributed by atoms with van der Waals surface area (Å²) in [6, 6.07) is 0.917. The van der Waals surface area contributed by atoms with Gasteiger partial charge in [-0.15, -0.1) is 6.58 Å². The van der Waals surface area contributed by atoms with Crippen LogP contribution in [0.3, 0.4) is 0 Å². The van der Waals surface area contributed by atoms with E-state index in [1.165, 1.54) is 32.4 Å². The molecule has 0 bridgehead atoms. The molecule has 1 atom stereocenters. The number of nitrogens with one attached hydrogen (secondary N) is 1. The molecule has 1 saturated heterocycles. The van der Waals surface area contributed by atoms with E-state index in [0.717, 1.165) is 43.9 Å². The predicted octanol–water partition coefficient (Wildman–Crippen LogP) is 1.94. The van der Waals surface area contributed by atoms with Crippen molar-refractivity contribution in [2.45, 2.75) is 38.1 Å². The summed E-state index contributed by atoms with van der Waals surface area (Å²) in [5.41, 5.74) is 0. The van der Waals surface area contributed by atoms with Gasteiger partial charge in [-0.05, 0) is 44.6 Å². The molecule has 4 heteroatoms. The lowest BCUT2D eigenvalue weighted by molar-refractivity contribution is 0.313. The van der Waals surface area contributed by atoms with E-state index in [-0.39, 0.29) is 0 Å². The van der Waals surface area contributed by atoms with E-state index in [1.54, 1.807) is 0 Å². The highest BCUT2D eigenvalue weighted by Gasteiger charge is 2.34. The van der Waals surface area contributed by atoms with Crippen LogP contribution in [-0.4, -0.2) is 62.1 Å². The Balaban J connectivity index is 1.66. The Kier molecular flexibility index (Phi) is 5.89. The first-order valence-corrected chi connectivity index (χ1v) is 8.01. The van der Waals surface area contributed by atoms with Crippen LogP contribution in [0.5, 0.6) is 0 Å². The second kappa shape index (κ2) is 7.67. The maximum Gasteiger partial charge on any atom is 0.193 e. The highest BCUT2D eigenvalue weighted by molar-refractivity contribution is 5.79. The van der Waals surface area contributed by atoms with Crippen molar-refractivity contribution >= 4 is 5.96 Å². The van der Waals surface area contributed by atoms with E-state index in [4.69, 9.17) is 0 Å². The molecule has 114 valence electrons. The first-order valence-electron chi connectivity index (χ1n) is 8.01. The Morgan fingerprint density at radius 3 is 2.90 bits per heavy atom. The molecule has 0 aromatic carbocycles. The van der Waals surface area contributed by atoms with Crippen molar-refractivity contribution in [3.8, 4) is 0 Å². The quantitative estimate of drug-likeness (QED) is 0.334. The minimum absolute atomic E-state index is 0.786. The normalized spacial score (nSPS) is 23.9. The van der Waals surface area contributed by atoms with Gasteiger partial charge in [-0.25, -0.2) is 0 Å². The third-order valence-electron chi connectivity index (χ3n) is 4.40. The second-order valence-corrected chi connectivity index (χ2v) is 6.16. The molecule has 0 aromatic heterocycles. The van der Waals surface area contributed by atoms with Crippen molar-refractivity contribution < 1.29 is 0 Å². The van der Waals surface area contributed by atoms with Gasteiger partial charge in [-0.3, -0.25) is 4.99 Å². The van der Waals surface area contributed by atoms with Crippen molar-refractivity contribution in [2.75, 3.05) is 40.3 Å². The highest BCUT2D eigenvalue weighted by atomic mass is 15.3. The van der Waals surface area contributed by atoms with Crippen molar-refractivity contribution in [1.82, 2.24) is 15.1 Å². The number of unbranched alkanes of at least 4 members (excludes halogenated alkanes) is 1. The number of nitrogens with zero attached hydrogens (tertiary/aromatic N) is 3. The molecule has 2 fully saturated rings. The molecule has 1 N–H and O–H groups in total. The molecule has 0 aromatic rings. The van der Waals surface area contributed by atoms with Gasteiger partial charge in [0.1, 0.15) is 0 Å². The first kappa shape index (κ1) is 15.4. The third-order valence-corrected chi connectivity index (χ3v) is 4.40. The maximum absolute atomic E-state index is 4.39. The molecule has 0 spiro atoms. The lowest BCUT2D eigenvalue weighted by Crippen LogP contribution is -2.41. The van der Waals surface area contributed by atoms with Crippen LogP contribution in [0, 0.1) is 5.92 Å². The Bertz CT molecular complexity index is 335. The minimum atomic E-state index is 0.786. The zero-order valence-corrected chi connectivity index (χ0v) is 13.1. The first-order chi connectivity index (χ1) is 9.74. The predicted molar refractivity (Wildman–Crippen MR) is 86.1 cm³/mol. The fourth-order valence-electron chi connectivity index (χ4n) is 3.00. The number of rotatable bonds is 7. The summed E-state index contributed by atoms with van der Waals surface area (Å²) >= 11 is 0. The smallest absolute Gasteiger partial charge is 0.193 e. The molecule has 2 aliphatic rings. The summed E-state index contributed by atoms with van der Waals surface area (Å²) in [6.07, 6.45) is 8.37.